The van der Waals surface area contributed by atoms with Crippen LogP contribution in [0.5, 0.6) is 0 Å². The van der Waals surface area contributed by atoms with Gasteiger partial charge in [-0.1, -0.05) is 13.8 Å². The predicted octanol–water partition coefficient (Wildman–Crippen LogP) is 2.60. The highest BCUT2D eigenvalue weighted by molar-refractivity contribution is 7.11. The van der Waals surface area contributed by atoms with Gasteiger partial charge in [0, 0.05) is 16.8 Å². The van der Waals surface area contributed by atoms with E-state index in [1.807, 2.05) is 11.3 Å². The molecule has 2 nitrogen and oxygen atoms in total. The molecule has 1 heterocycles. The fourth-order valence-electron chi connectivity index (χ4n) is 1.72. The van der Waals surface area contributed by atoms with Gasteiger partial charge in [0.15, 0.2) is 0 Å². The number of fused-ring (bicyclic) bond motifs is 1. The molecule has 3 heteroatoms. The Morgan fingerprint density at radius 2 is 2.31 bits per heavy atom. The highest BCUT2D eigenvalue weighted by atomic mass is 32.1. The SMILES string of the molecule is CC(C)c1nc2c(s1)CCCC2N. The van der Waals surface area contributed by atoms with Gasteiger partial charge in [-0.3, -0.25) is 0 Å². The molecular weight excluding hydrogens is 180 g/mol. The monoisotopic (exact) mass is 196 g/mol. The van der Waals surface area contributed by atoms with Crippen molar-refractivity contribution in [3.8, 4) is 0 Å². The molecule has 0 saturated heterocycles. The standard InChI is InChI=1S/C10H16N2S/c1-6(2)10-12-9-7(11)4-3-5-8(9)13-10/h6-7H,3-5,11H2,1-2H3. The van der Waals surface area contributed by atoms with Crippen LogP contribution in [-0.4, -0.2) is 4.98 Å². The Bertz CT molecular complexity index is 304. The van der Waals surface area contributed by atoms with Crippen LogP contribution in [-0.2, 0) is 6.42 Å². The second-order valence-electron chi connectivity index (χ2n) is 4.01. The van der Waals surface area contributed by atoms with Crippen LogP contribution in [0.2, 0.25) is 0 Å². The quantitative estimate of drug-likeness (QED) is 0.750. The highest BCUT2D eigenvalue weighted by Crippen LogP contribution is 2.34. The third-order valence-corrected chi connectivity index (χ3v) is 3.94. The molecule has 72 valence electrons. The molecule has 0 aromatic carbocycles. The van der Waals surface area contributed by atoms with Gasteiger partial charge in [-0.15, -0.1) is 11.3 Å². The molecule has 0 radical (unpaired) electrons. The van der Waals surface area contributed by atoms with Gasteiger partial charge in [0.05, 0.1) is 10.7 Å². The van der Waals surface area contributed by atoms with Gasteiger partial charge >= 0.3 is 0 Å². The Morgan fingerprint density at radius 1 is 1.54 bits per heavy atom. The number of thiazole rings is 1. The predicted molar refractivity (Wildman–Crippen MR) is 56.1 cm³/mol. The van der Waals surface area contributed by atoms with Gasteiger partial charge in [-0.2, -0.15) is 0 Å². The first kappa shape index (κ1) is 9.16. The first-order valence-electron chi connectivity index (χ1n) is 4.93. The van der Waals surface area contributed by atoms with Crippen LogP contribution in [0.4, 0.5) is 0 Å². The van der Waals surface area contributed by atoms with E-state index in [1.54, 1.807) is 0 Å². The van der Waals surface area contributed by atoms with Gasteiger partial charge in [0.25, 0.3) is 0 Å². The molecule has 0 aliphatic heterocycles. The Balaban J connectivity index is 2.36. The van der Waals surface area contributed by atoms with E-state index in [2.05, 4.69) is 18.8 Å². The molecule has 13 heavy (non-hydrogen) atoms. The minimum Gasteiger partial charge on any atom is -0.323 e. The molecule has 1 aliphatic carbocycles. The number of aryl methyl sites for hydroxylation is 1. The van der Waals surface area contributed by atoms with E-state index in [0.29, 0.717) is 5.92 Å². The molecule has 2 N–H and O–H groups in total. The number of rotatable bonds is 1. The fourth-order valence-corrected chi connectivity index (χ4v) is 2.90. The van der Waals surface area contributed by atoms with Crippen molar-refractivity contribution < 1.29 is 0 Å². The third kappa shape index (κ3) is 1.63. The summed E-state index contributed by atoms with van der Waals surface area (Å²) in [6, 6.07) is 0.201. The molecule has 0 amide bonds. The molecule has 0 fully saturated rings. The van der Waals surface area contributed by atoms with Crippen LogP contribution in [0.25, 0.3) is 0 Å². The Morgan fingerprint density at radius 3 is 2.92 bits per heavy atom. The normalized spacial score (nSPS) is 22.0. The summed E-state index contributed by atoms with van der Waals surface area (Å²) in [5, 5.41) is 1.25. The maximum Gasteiger partial charge on any atom is 0.0957 e. The minimum absolute atomic E-state index is 0.201. The number of hydrogen-bond acceptors (Lipinski definition) is 3. The van der Waals surface area contributed by atoms with Crippen molar-refractivity contribution in [3.63, 3.8) is 0 Å². The first-order chi connectivity index (χ1) is 6.18. The second kappa shape index (κ2) is 3.39. The molecule has 1 aromatic rings. The van der Waals surface area contributed by atoms with Gasteiger partial charge in [-0.05, 0) is 19.3 Å². The smallest absolute Gasteiger partial charge is 0.0957 e. The van der Waals surface area contributed by atoms with E-state index in [0.717, 1.165) is 6.42 Å². The summed E-state index contributed by atoms with van der Waals surface area (Å²) < 4.78 is 0. The molecule has 1 aromatic heterocycles. The highest BCUT2D eigenvalue weighted by Gasteiger charge is 2.22. The van der Waals surface area contributed by atoms with Crippen molar-refractivity contribution in [2.75, 3.05) is 0 Å². The van der Waals surface area contributed by atoms with E-state index in [-0.39, 0.29) is 6.04 Å². The minimum atomic E-state index is 0.201. The van der Waals surface area contributed by atoms with Crippen LogP contribution in [0.1, 0.15) is 54.2 Å². The van der Waals surface area contributed by atoms with Crippen LogP contribution >= 0.6 is 11.3 Å². The van der Waals surface area contributed by atoms with Gasteiger partial charge in [0.2, 0.25) is 0 Å². The number of nitrogens with zero attached hydrogens (tertiary/aromatic N) is 1. The van der Waals surface area contributed by atoms with Crippen LogP contribution in [0.15, 0.2) is 0 Å². The summed E-state index contributed by atoms with van der Waals surface area (Å²) in [5.41, 5.74) is 7.18. The number of hydrogen-bond donors (Lipinski definition) is 1. The van der Waals surface area contributed by atoms with E-state index >= 15 is 0 Å². The number of nitrogens with two attached hydrogens (primary N) is 1. The van der Waals surface area contributed by atoms with E-state index in [1.165, 1.54) is 28.4 Å². The average molecular weight is 196 g/mol. The van der Waals surface area contributed by atoms with Crippen LogP contribution < -0.4 is 5.73 Å². The molecule has 0 spiro atoms. The lowest BCUT2D eigenvalue weighted by Gasteiger charge is -2.15. The van der Waals surface area contributed by atoms with Crippen molar-refractivity contribution in [1.29, 1.82) is 0 Å². The lowest BCUT2D eigenvalue weighted by Crippen LogP contribution is -2.16. The summed E-state index contributed by atoms with van der Waals surface area (Å²) in [7, 11) is 0. The average Bonchev–Trinajstić information content (AvgIpc) is 2.49. The van der Waals surface area contributed by atoms with Crippen molar-refractivity contribution in [1.82, 2.24) is 4.98 Å². The van der Waals surface area contributed by atoms with E-state index < -0.39 is 0 Å². The second-order valence-corrected chi connectivity index (χ2v) is 5.13. The van der Waals surface area contributed by atoms with Crippen molar-refractivity contribution in [2.45, 2.75) is 45.1 Å². The topological polar surface area (TPSA) is 38.9 Å². The zero-order chi connectivity index (χ0) is 9.42. The molecule has 0 saturated carbocycles. The maximum absolute atomic E-state index is 6.00. The number of aromatic nitrogens is 1. The van der Waals surface area contributed by atoms with Gasteiger partial charge in [-0.25, -0.2) is 4.98 Å². The van der Waals surface area contributed by atoms with Crippen molar-refractivity contribution in [3.05, 3.63) is 15.6 Å². The molecule has 1 unspecified atom stereocenters. The van der Waals surface area contributed by atoms with E-state index in [4.69, 9.17) is 5.73 Å². The van der Waals surface area contributed by atoms with Gasteiger partial charge in [0.1, 0.15) is 0 Å². The largest absolute Gasteiger partial charge is 0.323 e. The fraction of sp³-hybridized carbons (Fsp3) is 0.700. The van der Waals surface area contributed by atoms with E-state index in [9.17, 15) is 0 Å². The van der Waals surface area contributed by atoms with Gasteiger partial charge < -0.3 is 5.73 Å². The summed E-state index contributed by atoms with van der Waals surface area (Å²) in [6.07, 6.45) is 3.52. The molecule has 1 aliphatic rings. The summed E-state index contributed by atoms with van der Waals surface area (Å²) in [6.45, 7) is 4.38. The zero-order valence-electron chi connectivity index (χ0n) is 8.21. The zero-order valence-corrected chi connectivity index (χ0v) is 9.03. The molecule has 2 rings (SSSR count). The summed E-state index contributed by atoms with van der Waals surface area (Å²) >= 11 is 1.86. The Kier molecular flexibility index (Phi) is 2.39. The third-order valence-electron chi connectivity index (χ3n) is 2.51. The van der Waals surface area contributed by atoms with Crippen LogP contribution in [0.3, 0.4) is 0 Å². The molecule has 0 bridgehead atoms. The maximum atomic E-state index is 6.00. The Hall–Kier alpha value is -0.410. The summed E-state index contributed by atoms with van der Waals surface area (Å²) in [4.78, 5) is 6.06. The molecule has 1 atom stereocenters. The molecular formula is C10H16N2S. The van der Waals surface area contributed by atoms with Crippen LogP contribution in [0, 0.1) is 0 Å². The first-order valence-corrected chi connectivity index (χ1v) is 5.75. The van der Waals surface area contributed by atoms with Crippen molar-refractivity contribution in [2.24, 2.45) is 5.73 Å². The summed E-state index contributed by atoms with van der Waals surface area (Å²) in [5.74, 6) is 0.544. The Labute approximate surface area is 83.2 Å². The lowest BCUT2D eigenvalue weighted by molar-refractivity contribution is 0.561. The lowest BCUT2D eigenvalue weighted by atomic mass is 9.99. The van der Waals surface area contributed by atoms with Crippen molar-refractivity contribution >= 4 is 11.3 Å².